The highest BCUT2D eigenvalue weighted by molar-refractivity contribution is 5.46. The summed E-state index contributed by atoms with van der Waals surface area (Å²) in [5.74, 6) is -0.203. The number of hydrogen-bond acceptors (Lipinski definition) is 2. The van der Waals surface area contributed by atoms with Crippen LogP contribution in [0.3, 0.4) is 0 Å². The van der Waals surface area contributed by atoms with Crippen LogP contribution in [0.25, 0.3) is 0 Å². The Kier molecular flexibility index (Phi) is 4.74. The molecule has 2 nitrogen and oxygen atoms in total. The molecule has 3 heteroatoms. The average molecular weight is 272 g/mol. The molecule has 1 unspecified atom stereocenters. The molecule has 1 N–H and O–H groups in total. The molecular weight excluding hydrogens is 251 g/mol. The van der Waals surface area contributed by atoms with E-state index in [0.29, 0.717) is 0 Å². The number of anilines is 1. The maximum atomic E-state index is 13.0. The van der Waals surface area contributed by atoms with Crippen LogP contribution in [0, 0.1) is 12.7 Å². The Bertz CT molecular complexity index is 551. The molecule has 0 bridgehead atoms. The first-order chi connectivity index (χ1) is 9.61. The Morgan fingerprint density at radius 1 is 1.10 bits per heavy atom. The fourth-order valence-corrected chi connectivity index (χ4v) is 2.40. The lowest BCUT2D eigenvalue weighted by Crippen LogP contribution is -2.31. The van der Waals surface area contributed by atoms with Gasteiger partial charge in [0.05, 0.1) is 0 Å². The highest BCUT2D eigenvalue weighted by Gasteiger charge is 2.14. The minimum absolute atomic E-state index is 0.203. The van der Waals surface area contributed by atoms with Crippen molar-refractivity contribution in [3.05, 3.63) is 65.5 Å². The molecule has 106 valence electrons. The van der Waals surface area contributed by atoms with Gasteiger partial charge in [-0.3, -0.25) is 0 Å². The molecule has 0 amide bonds. The lowest BCUT2D eigenvalue weighted by atomic mass is 10.0. The van der Waals surface area contributed by atoms with Gasteiger partial charge in [-0.05, 0) is 49.4 Å². The zero-order valence-electron chi connectivity index (χ0n) is 12.2. The molecule has 0 saturated heterocycles. The number of nitrogens with zero attached hydrogens (tertiary/aromatic N) is 1. The quantitative estimate of drug-likeness (QED) is 0.895. The van der Waals surface area contributed by atoms with Crippen molar-refractivity contribution in [2.45, 2.75) is 13.0 Å². The van der Waals surface area contributed by atoms with Gasteiger partial charge < -0.3 is 10.2 Å². The molecule has 0 aromatic heterocycles. The zero-order valence-corrected chi connectivity index (χ0v) is 12.2. The van der Waals surface area contributed by atoms with Crippen LogP contribution in [0.1, 0.15) is 17.2 Å². The van der Waals surface area contributed by atoms with E-state index in [-0.39, 0.29) is 11.9 Å². The molecule has 0 fully saturated rings. The van der Waals surface area contributed by atoms with Gasteiger partial charge in [0.15, 0.2) is 0 Å². The second kappa shape index (κ2) is 6.53. The summed E-state index contributed by atoms with van der Waals surface area (Å²) in [6, 6.07) is 15.2. The summed E-state index contributed by atoms with van der Waals surface area (Å²) in [6.07, 6.45) is 0. The van der Waals surface area contributed by atoms with Gasteiger partial charge in [0, 0.05) is 25.3 Å². The predicted octanol–water partition coefficient (Wildman–Crippen LogP) is 3.53. The Morgan fingerprint density at radius 3 is 2.35 bits per heavy atom. The van der Waals surface area contributed by atoms with Crippen molar-refractivity contribution in [2.24, 2.45) is 0 Å². The summed E-state index contributed by atoms with van der Waals surface area (Å²) >= 11 is 0. The molecule has 0 heterocycles. The summed E-state index contributed by atoms with van der Waals surface area (Å²) in [5.41, 5.74) is 3.59. The van der Waals surface area contributed by atoms with E-state index in [9.17, 15) is 4.39 Å². The zero-order chi connectivity index (χ0) is 14.5. The smallest absolute Gasteiger partial charge is 0.123 e. The third-order valence-corrected chi connectivity index (χ3v) is 3.64. The van der Waals surface area contributed by atoms with Gasteiger partial charge >= 0.3 is 0 Å². The van der Waals surface area contributed by atoms with E-state index in [4.69, 9.17) is 0 Å². The molecule has 0 aliphatic carbocycles. The van der Waals surface area contributed by atoms with E-state index >= 15 is 0 Å². The van der Waals surface area contributed by atoms with E-state index in [1.807, 2.05) is 14.1 Å². The summed E-state index contributed by atoms with van der Waals surface area (Å²) in [7, 11) is 3.99. The number of aryl methyl sites for hydroxylation is 1. The summed E-state index contributed by atoms with van der Waals surface area (Å²) in [5, 5.41) is 3.36. The van der Waals surface area contributed by atoms with Crippen LogP contribution in [0.4, 0.5) is 10.1 Å². The Hall–Kier alpha value is -1.87. The standard InChI is InChI=1S/C17H21FN2/c1-13-6-4-5-7-16(13)17(19-2)12-20(3)15-10-8-14(18)9-11-15/h4-11,17,19H,12H2,1-3H3. The van der Waals surface area contributed by atoms with E-state index in [1.54, 1.807) is 12.1 Å². The SMILES string of the molecule is CNC(CN(C)c1ccc(F)cc1)c1ccccc1C. The molecule has 0 aliphatic rings. The van der Waals surface area contributed by atoms with Crippen molar-refractivity contribution in [3.63, 3.8) is 0 Å². The maximum Gasteiger partial charge on any atom is 0.123 e. The molecule has 0 radical (unpaired) electrons. The number of likely N-dealkylation sites (N-methyl/N-ethyl adjacent to an activating group) is 2. The minimum atomic E-state index is -0.203. The van der Waals surface area contributed by atoms with Crippen molar-refractivity contribution in [1.82, 2.24) is 5.32 Å². The van der Waals surface area contributed by atoms with Crippen molar-refractivity contribution >= 4 is 5.69 Å². The third kappa shape index (κ3) is 3.36. The van der Waals surface area contributed by atoms with Gasteiger partial charge in [-0.15, -0.1) is 0 Å². The average Bonchev–Trinajstić information content (AvgIpc) is 2.46. The van der Waals surface area contributed by atoms with Crippen molar-refractivity contribution < 1.29 is 4.39 Å². The first-order valence-corrected chi connectivity index (χ1v) is 6.81. The van der Waals surface area contributed by atoms with Crippen LogP contribution >= 0.6 is 0 Å². The van der Waals surface area contributed by atoms with Gasteiger partial charge in [-0.1, -0.05) is 24.3 Å². The summed E-state index contributed by atoms with van der Waals surface area (Å²) in [6.45, 7) is 2.95. The first kappa shape index (κ1) is 14.5. The van der Waals surface area contributed by atoms with Gasteiger partial charge in [-0.25, -0.2) is 4.39 Å². The Balaban J connectivity index is 2.14. The van der Waals surface area contributed by atoms with Gasteiger partial charge in [0.1, 0.15) is 5.82 Å². The molecule has 0 saturated carbocycles. The summed E-state index contributed by atoms with van der Waals surface area (Å²) < 4.78 is 13.0. The molecule has 2 aromatic rings. The number of rotatable bonds is 5. The van der Waals surface area contributed by atoms with E-state index < -0.39 is 0 Å². The number of halogens is 1. The highest BCUT2D eigenvalue weighted by Crippen LogP contribution is 2.21. The molecule has 0 aliphatic heterocycles. The molecule has 0 spiro atoms. The van der Waals surface area contributed by atoms with Crippen molar-refractivity contribution in [1.29, 1.82) is 0 Å². The topological polar surface area (TPSA) is 15.3 Å². The maximum absolute atomic E-state index is 13.0. The van der Waals surface area contributed by atoms with E-state index in [0.717, 1.165) is 12.2 Å². The van der Waals surface area contributed by atoms with Crippen LogP contribution in [0.5, 0.6) is 0 Å². The Labute approximate surface area is 120 Å². The van der Waals surface area contributed by atoms with Gasteiger partial charge in [0.25, 0.3) is 0 Å². The second-order valence-corrected chi connectivity index (χ2v) is 5.05. The third-order valence-electron chi connectivity index (χ3n) is 3.64. The second-order valence-electron chi connectivity index (χ2n) is 5.05. The van der Waals surface area contributed by atoms with E-state index in [2.05, 4.69) is 41.4 Å². The van der Waals surface area contributed by atoms with Crippen LogP contribution < -0.4 is 10.2 Å². The number of nitrogens with one attached hydrogen (secondary N) is 1. The Morgan fingerprint density at radius 2 is 1.75 bits per heavy atom. The first-order valence-electron chi connectivity index (χ1n) is 6.81. The van der Waals surface area contributed by atoms with Crippen LogP contribution in [0.15, 0.2) is 48.5 Å². The van der Waals surface area contributed by atoms with E-state index in [1.165, 1.54) is 23.3 Å². The van der Waals surface area contributed by atoms with Crippen molar-refractivity contribution in [2.75, 3.05) is 25.5 Å². The predicted molar refractivity (Wildman–Crippen MR) is 82.6 cm³/mol. The largest absolute Gasteiger partial charge is 0.373 e. The fourth-order valence-electron chi connectivity index (χ4n) is 2.40. The monoisotopic (exact) mass is 272 g/mol. The normalized spacial score (nSPS) is 12.2. The molecular formula is C17H21FN2. The van der Waals surface area contributed by atoms with Crippen LogP contribution in [-0.2, 0) is 0 Å². The minimum Gasteiger partial charge on any atom is -0.373 e. The molecule has 2 rings (SSSR count). The van der Waals surface area contributed by atoms with Gasteiger partial charge in [-0.2, -0.15) is 0 Å². The van der Waals surface area contributed by atoms with Gasteiger partial charge in [0.2, 0.25) is 0 Å². The molecule has 20 heavy (non-hydrogen) atoms. The summed E-state index contributed by atoms with van der Waals surface area (Å²) in [4.78, 5) is 2.13. The highest BCUT2D eigenvalue weighted by atomic mass is 19.1. The molecule has 2 aromatic carbocycles. The fraction of sp³-hybridized carbons (Fsp3) is 0.294. The number of benzene rings is 2. The van der Waals surface area contributed by atoms with Crippen LogP contribution in [0.2, 0.25) is 0 Å². The lowest BCUT2D eigenvalue weighted by molar-refractivity contribution is 0.586. The van der Waals surface area contributed by atoms with Crippen molar-refractivity contribution in [3.8, 4) is 0 Å². The lowest BCUT2D eigenvalue weighted by Gasteiger charge is -2.27. The van der Waals surface area contributed by atoms with Crippen LogP contribution in [-0.4, -0.2) is 20.6 Å². The number of hydrogen-bond donors (Lipinski definition) is 1. The molecule has 1 atom stereocenters.